The molecule has 0 bridgehead atoms. The first kappa shape index (κ1) is 13.1. The van der Waals surface area contributed by atoms with Crippen molar-refractivity contribution in [3.05, 3.63) is 65.9 Å². The summed E-state index contributed by atoms with van der Waals surface area (Å²) in [7, 11) is 1.62. The van der Waals surface area contributed by atoms with Crippen LogP contribution in [0.15, 0.2) is 54.7 Å². The summed E-state index contributed by atoms with van der Waals surface area (Å²) >= 11 is 0. The fourth-order valence-electron chi connectivity index (χ4n) is 2.88. The van der Waals surface area contributed by atoms with Gasteiger partial charge < -0.3 is 14.5 Å². The van der Waals surface area contributed by atoms with E-state index in [2.05, 4.69) is 4.98 Å². The third-order valence-corrected chi connectivity index (χ3v) is 4.05. The maximum atomic E-state index is 12.7. The number of aromatic nitrogens is 1. The van der Waals surface area contributed by atoms with Crippen molar-refractivity contribution < 1.29 is 14.3 Å². The Kier molecular flexibility index (Phi) is 2.98. The number of aromatic amines is 1. The third kappa shape index (κ3) is 2.00. The van der Waals surface area contributed by atoms with Crippen molar-refractivity contribution in [2.45, 2.75) is 12.2 Å². The van der Waals surface area contributed by atoms with Crippen molar-refractivity contribution in [1.82, 2.24) is 4.98 Å². The molecule has 2 heterocycles. The van der Waals surface area contributed by atoms with Gasteiger partial charge in [0.2, 0.25) is 0 Å². The lowest BCUT2D eigenvalue weighted by molar-refractivity contribution is 0.0955. The fourth-order valence-corrected chi connectivity index (χ4v) is 2.88. The van der Waals surface area contributed by atoms with Crippen molar-refractivity contribution in [2.75, 3.05) is 7.11 Å². The molecule has 2 aromatic carbocycles. The van der Waals surface area contributed by atoms with Crippen molar-refractivity contribution in [2.24, 2.45) is 0 Å². The lowest BCUT2D eigenvalue weighted by atomic mass is 10.0. The molecule has 4 nitrogen and oxygen atoms in total. The van der Waals surface area contributed by atoms with Gasteiger partial charge >= 0.3 is 0 Å². The van der Waals surface area contributed by atoms with Crippen LogP contribution in [0.1, 0.15) is 22.0 Å². The van der Waals surface area contributed by atoms with Gasteiger partial charge in [0.15, 0.2) is 11.9 Å². The number of nitrogens with one attached hydrogen (secondary N) is 1. The van der Waals surface area contributed by atoms with Gasteiger partial charge in [-0.15, -0.1) is 0 Å². The van der Waals surface area contributed by atoms with E-state index in [1.54, 1.807) is 13.3 Å². The van der Waals surface area contributed by atoms with Gasteiger partial charge in [-0.1, -0.05) is 36.4 Å². The van der Waals surface area contributed by atoms with Gasteiger partial charge in [0.25, 0.3) is 0 Å². The monoisotopic (exact) mass is 293 g/mol. The van der Waals surface area contributed by atoms with Gasteiger partial charge in [-0.25, -0.2) is 0 Å². The number of epoxide rings is 1. The molecule has 2 atom stereocenters. The summed E-state index contributed by atoms with van der Waals surface area (Å²) in [6.07, 6.45) is 1.10. The van der Waals surface area contributed by atoms with Gasteiger partial charge in [0.05, 0.1) is 7.11 Å². The number of fused-ring (bicyclic) bond motifs is 1. The molecular formula is C18H15NO3. The maximum Gasteiger partial charge on any atom is 0.196 e. The summed E-state index contributed by atoms with van der Waals surface area (Å²) in [5, 5.41) is 0.932. The van der Waals surface area contributed by atoms with E-state index in [-0.39, 0.29) is 11.9 Å². The van der Waals surface area contributed by atoms with E-state index in [1.807, 2.05) is 48.5 Å². The third-order valence-electron chi connectivity index (χ3n) is 4.05. The number of methoxy groups -OCH3 is 1. The summed E-state index contributed by atoms with van der Waals surface area (Å²) in [6, 6.07) is 15.4. The van der Waals surface area contributed by atoms with Gasteiger partial charge in [0, 0.05) is 28.2 Å². The zero-order chi connectivity index (χ0) is 15.1. The minimum Gasteiger partial charge on any atom is -0.496 e. The summed E-state index contributed by atoms with van der Waals surface area (Å²) in [5.41, 5.74) is 2.56. The molecule has 1 aliphatic rings. The largest absolute Gasteiger partial charge is 0.496 e. The predicted molar refractivity (Wildman–Crippen MR) is 83.2 cm³/mol. The van der Waals surface area contributed by atoms with Crippen LogP contribution in [0.3, 0.4) is 0 Å². The number of hydrogen-bond donors (Lipinski definition) is 1. The Morgan fingerprint density at radius 1 is 1.14 bits per heavy atom. The van der Waals surface area contributed by atoms with E-state index in [0.717, 1.165) is 22.2 Å². The summed E-state index contributed by atoms with van der Waals surface area (Å²) < 4.78 is 11.0. The number of carbonyl (C=O) groups excluding carboxylic acids is 1. The molecule has 22 heavy (non-hydrogen) atoms. The van der Waals surface area contributed by atoms with Crippen LogP contribution < -0.4 is 4.74 Å². The van der Waals surface area contributed by atoms with Crippen molar-refractivity contribution in [3.8, 4) is 5.75 Å². The second-order valence-corrected chi connectivity index (χ2v) is 5.33. The molecule has 0 spiro atoms. The Labute approximate surface area is 127 Å². The molecule has 0 unspecified atom stereocenters. The normalized spacial score (nSPS) is 20.0. The summed E-state index contributed by atoms with van der Waals surface area (Å²) in [4.78, 5) is 15.8. The molecule has 0 aliphatic carbocycles. The highest BCUT2D eigenvalue weighted by Crippen LogP contribution is 2.44. The Hall–Kier alpha value is -2.59. The summed E-state index contributed by atoms with van der Waals surface area (Å²) in [6.45, 7) is 0. The van der Waals surface area contributed by atoms with Gasteiger partial charge in [-0.05, 0) is 12.1 Å². The first-order valence-electron chi connectivity index (χ1n) is 7.18. The predicted octanol–water partition coefficient (Wildman–Crippen LogP) is 3.50. The molecule has 1 aliphatic heterocycles. The number of Topliss-reactive ketones (excluding diaryl/α,β-unsaturated/α-hetero) is 1. The number of ether oxygens (including phenoxy) is 2. The number of benzene rings is 2. The van der Waals surface area contributed by atoms with Crippen LogP contribution in [0.5, 0.6) is 5.75 Å². The van der Waals surface area contributed by atoms with Crippen molar-refractivity contribution in [1.29, 1.82) is 0 Å². The number of ketones is 1. The highest BCUT2D eigenvalue weighted by Gasteiger charge is 2.47. The van der Waals surface area contributed by atoms with Crippen LogP contribution in [0.2, 0.25) is 0 Å². The molecular weight excluding hydrogens is 278 g/mol. The second-order valence-electron chi connectivity index (χ2n) is 5.33. The standard InChI is InChI=1S/C18H15NO3/c1-21-15-9-5-3-7-12(15)17-18(22-17)16(20)13-10-19-14-8-4-2-6-11(13)14/h2-10,17-19H,1H3/t17-,18+/m1/s1. The van der Waals surface area contributed by atoms with Crippen LogP contribution in [0, 0.1) is 0 Å². The minimum absolute atomic E-state index is 0.00774. The van der Waals surface area contributed by atoms with E-state index >= 15 is 0 Å². The maximum absolute atomic E-state index is 12.7. The first-order chi connectivity index (χ1) is 10.8. The zero-order valence-corrected chi connectivity index (χ0v) is 12.1. The van der Waals surface area contributed by atoms with Crippen LogP contribution in [0.25, 0.3) is 10.9 Å². The molecule has 4 heteroatoms. The number of carbonyl (C=O) groups is 1. The molecule has 0 saturated carbocycles. The highest BCUT2D eigenvalue weighted by atomic mass is 16.6. The fraction of sp³-hybridized carbons (Fsp3) is 0.167. The second kappa shape index (κ2) is 5.00. The van der Waals surface area contributed by atoms with Crippen molar-refractivity contribution >= 4 is 16.7 Å². The molecule has 1 saturated heterocycles. The van der Waals surface area contributed by atoms with Gasteiger partial charge in [-0.3, -0.25) is 4.79 Å². The Morgan fingerprint density at radius 2 is 1.91 bits per heavy atom. The van der Waals surface area contributed by atoms with E-state index in [0.29, 0.717) is 5.56 Å². The average molecular weight is 293 g/mol. The SMILES string of the molecule is COc1ccccc1[C@H]1O[C@H]1C(=O)c1c[nH]c2ccccc12. The Bertz CT molecular complexity index is 852. The summed E-state index contributed by atoms with van der Waals surface area (Å²) in [5.74, 6) is 0.759. The molecule has 0 radical (unpaired) electrons. The average Bonchev–Trinajstić information content (AvgIpc) is 3.25. The molecule has 4 rings (SSSR count). The Morgan fingerprint density at radius 3 is 2.77 bits per heavy atom. The van der Waals surface area contributed by atoms with Crippen LogP contribution in [-0.4, -0.2) is 24.0 Å². The molecule has 1 fully saturated rings. The van der Waals surface area contributed by atoms with E-state index in [4.69, 9.17) is 9.47 Å². The number of H-pyrrole nitrogens is 1. The topological polar surface area (TPSA) is 54.6 Å². The molecule has 0 amide bonds. The van der Waals surface area contributed by atoms with Gasteiger partial charge in [-0.2, -0.15) is 0 Å². The van der Waals surface area contributed by atoms with Crippen LogP contribution in [0.4, 0.5) is 0 Å². The molecule has 1 N–H and O–H groups in total. The minimum atomic E-state index is -0.435. The zero-order valence-electron chi connectivity index (χ0n) is 12.1. The van der Waals surface area contributed by atoms with E-state index in [9.17, 15) is 4.79 Å². The van der Waals surface area contributed by atoms with E-state index < -0.39 is 6.10 Å². The van der Waals surface area contributed by atoms with Gasteiger partial charge in [0.1, 0.15) is 11.9 Å². The van der Waals surface area contributed by atoms with Crippen molar-refractivity contribution in [3.63, 3.8) is 0 Å². The number of para-hydroxylation sites is 2. The number of hydrogen-bond acceptors (Lipinski definition) is 3. The smallest absolute Gasteiger partial charge is 0.196 e. The lowest BCUT2D eigenvalue weighted by Crippen LogP contribution is -2.08. The first-order valence-corrected chi connectivity index (χ1v) is 7.18. The molecule has 1 aromatic heterocycles. The van der Waals surface area contributed by atoms with E-state index in [1.165, 1.54) is 0 Å². The van der Waals surface area contributed by atoms with Crippen LogP contribution >= 0.6 is 0 Å². The lowest BCUT2D eigenvalue weighted by Gasteiger charge is -2.04. The quantitative estimate of drug-likeness (QED) is 0.591. The Balaban J connectivity index is 1.63. The number of rotatable bonds is 4. The highest BCUT2D eigenvalue weighted by molar-refractivity contribution is 6.11. The van der Waals surface area contributed by atoms with Crippen LogP contribution in [-0.2, 0) is 4.74 Å². The molecule has 3 aromatic rings. The molecule has 110 valence electrons.